The number of nitrogens with zero attached hydrogens (tertiary/aromatic N) is 3. The maximum atomic E-state index is 15.1. The number of hydrogen-bond donors (Lipinski definition) is 2. The number of benzene rings is 1. The molecule has 31 heavy (non-hydrogen) atoms. The third kappa shape index (κ3) is 3.26. The summed E-state index contributed by atoms with van der Waals surface area (Å²) in [4.78, 5) is 12.3. The number of aromatic nitrogens is 3. The number of hydrogen-bond acceptors (Lipinski definition) is 6. The number of alkyl halides is 1. The molecule has 8 heteroatoms. The Labute approximate surface area is 178 Å². The van der Waals surface area contributed by atoms with E-state index < -0.39 is 17.8 Å². The van der Waals surface area contributed by atoms with Gasteiger partial charge in [-0.2, -0.15) is 0 Å². The molecule has 2 saturated heterocycles. The quantitative estimate of drug-likeness (QED) is 0.672. The lowest BCUT2D eigenvalue weighted by Gasteiger charge is -2.43. The van der Waals surface area contributed by atoms with E-state index in [-0.39, 0.29) is 22.7 Å². The van der Waals surface area contributed by atoms with Gasteiger partial charge in [0.25, 0.3) is 5.56 Å². The van der Waals surface area contributed by atoms with Crippen LogP contribution < -0.4 is 15.6 Å². The SMILES string of the molecule is Cn1ccc2cc(-c3ccc(O[C@@H]4C[C@@]5(C)CC[C@](C)(N5)[C@@H]4F)nn3)c(O)cc2c1=O. The summed E-state index contributed by atoms with van der Waals surface area (Å²) in [5.41, 5.74) is -0.00705. The molecule has 2 aromatic heterocycles. The van der Waals surface area contributed by atoms with Crippen LogP contribution in [0, 0.1) is 0 Å². The Morgan fingerprint density at radius 3 is 2.77 bits per heavy atom. The van der Waals surface area contributed by atoms with Crippen LogP contribution in [0.2, 0.25) is 0 Å². The van der Waals surface area contributed by atoms with Crippen molar-refractivity contribution >= 4 is 10.8 Å². The fourth-order valence-corrected chi connectivity index (χ4v) is 5.03. The summed E-state index contributed by atoms with van der Waals surface area (Å²) in [6.07, 6.45) is 2.20. The highest BCUT2D eigenvalue weighted by Gasteiger charge is 2.56. The molecule has 2 aliphatic rings. The average molecular weight is 424 g/mol. The third-order valence-electron chi connectivity index (χ3n) is 6.75. The Morgan fingerprint density at radius 2 is 2.03 bits per heavy atom. The van der Waals surface area contributed by atoms with Crippen LogP contribution in [0.1, 0.15) is 33.1 Å². The molecular weight excluding hydrogens is 399 g/mol. The van der Waals surface area contributed by atoms with Crippen molar-refractivity contribution < 1.29 is 14.2 Å². The molecule has 0 aliphatic carbocycles. The molecule has 0 saturated carbocycles. The predicted molar refractivity (Wildman–Crippen MR) is 115 cm³/mol. The lowest BCUT2D eigenvalue weighted by atomic mass is 9.85. The molecule has 2 N–H and O–H groups in total. The molecule has 0 radical (unpaired) electrons. The van der Waals surface area contributed by atoms with Crippen LogP contribution >= 0.6 is 0 Å². The second-order valence-electron chi connectivity index (χ2n) is 9.31. The molecule has 2 bridgehead atoms. The molecule has 2 fully saturated rings. The molecule has 162 valence electrons. The first-order valence-corrected chi connectivity index (χ1v) is 10.4. The van der Waals surface area contributed by atoms with E-state index in [2.05, 4.69) is 22.4 Å². The average Bonchev–Trinajstić information content (AvgIpc) is 3.02. The molecule has 1 aromatic carbocycles. The Bertz CT molecular complexity index is 1230. The zero-order chi connectivity index (χ0) is 22.0. The van der Waals surface area contributed by atoms with Crippen molar-refractivity contribution in [2.45, 2.75) is 56.5 Å². The van der Waals surface area contributed by atoms with Crippen molar-refractivity contribution in [1.82, 2.24) is 20.1 Å². The maximum Gasteiger partial charge on any atom is 0.258 e. The van der Waals surface area contributed by atoms with E-state index >= 15 is 4.39 Å². The monoisotopic (exact) mass is 424 g/mol. The van der Waals surface area contributed by atoms with Crippen LogP contribution in [0.5, 0.6) is 11.6 Å². The largest absolute Gasteiger partial charge is 0.507 e. The number of phenolic OH excluding ortho intramolecular Hbond substituents is 1. The first-order chi connectivity index (χ1) is 14.7. The predicted octanol–water partition coefficient (Wildman–Crippen LogP) is 3.09. The summed E-state index contributed by atoms with van der Waals surface area (Å²) < 4.78 is 22.5. The standard InChI is InChI=1S/C23H25FN4O3/c1-22-7-8-23(2,27-22)20(24)18(12-22)31-19-5-4-16(25-26-19)15-10-13-6-9-28(3)21(30)14(13)11-17(15)29/h4-6,9-11,18,20,27,29H,7-8,12H2,1-3H3/t18-,20-,22-,23+/m1/s1. The normalized spacial score (nSPS) is 29.9. The van der Waals surface area contributed by atoms with Crippen LogP contribution in [0.3, 0.4) is 0 Å². The third-order valence-corrected chi connectivity index (χ3v) is 6.75. The highest BCUT2D eigenvalue weighted by Crippen LogP contribution is 2.44. The summed E-state index contributed by atoms with van der Waals surface area (Å²) >= 11 is 0. The lowest BCUT2D eigenvalue weighted by Crippen LogP contribution is -2.63. The van der Waals surface area contributed by atoms with Gasteiger partial charge in [-0.1, -0.05) is 0 Å². The Hall–Kier alpha value is -3.00. The second-order valence-corrected chi connectivity index (χ2v) is 9.31. The van der Waals surface area contributed by atoms with Crippen molar-refractivity contribution in [3.63, 3.8) is 0 Å². The van der Waals surface area contributed by atoms with Crippen molar-refractivity contribution in [1.29, 1.82) is 0 Å². The first-order valence-electron chi connectivity index (χ1n) is 10.4. The number of fused-ring (bicyclic) bond motifs is 3. The molecule has 2 aliphatic heterocycles. The fourth-order valence-electron chi connectivity index (χ4n) is 5.03. The van der Waals surface area contributed by atoms with Crippen LogP contribution in [0.4, 0.5) is 4.39 Å². The van der Waals surface area contributed by atoms with Gasteiger partial charge in [0.2, 0.25) is 5.88 Å². The summed E-state index contributed by atoms with van der Waals surface area (Å²) in [7, 11) is 1.66. The molecule has 0 unspecified atom stereocenters. The summed E-state index contributed by atoms with van der Waals surface area (Å²) in [6.45, 7) is 4.01. The van der Waals surface area contributed by atoms with Gasteiger partial charge >= 0.3 is 0 Å². The zero-order valence-electron chi connectivity index (χ0n) is 17.7. The van der Waals surface area contributed by atoms with Crippen LogP contribution in [-0.2, 0) is 7.05 Å². The smallest absolute Gasteiger partial charge is 0.258 e. The van der Waals surface area contributed by atoms with Crippen LogP contribution in [-0.4, -0.2) is 43.2 Å². The first kappa shape index (κ1) is 19.9. The fraction of sp³-hybridized carbons (Fsp3) is 0.435. The van der Waals surface area contributed by atoms with Crippen molar-refractivity contribution in [2.75, 3.05) is 0 Å². The Morgan fingerprint density at radius 1 is 1.23 bits per heavy atom. The molecule has 3 aromatic rings. The number of aryl methyl sites for hydroxylation is 1. The lowest BCUT2D eigenvalue weighted by molar-refractivity contribution is -0.00951. The molecular formula is C23H25FN4O3. The van der Waals surface area contributed by atoms with E-state index in [1.165, 1.54) is 10.6 Å². The number of rotatable bonds is 3. The molecule has 0 spiro atoms. The van der Waals surface area contributed by atoms with E-state index in [0.29, 0.717) is 28.5 Å². The number of nitrogens with one attached hydrogen (secondary N) is 1. The number of pyridine rings is 1. The van der Waals surface area contributed by atoms with Crippen molar-refractivity contribution in [3.8, 4) is 22.9 Å². The highest BCUT2D eigenvalue weighted by molar-refractivity contribution is 5.89. The van der Waals surface area contributed by atoms with Crippen molar-refractivity contribution in [3.05, 3.63) is 46.9 Å². The maximum absolute atomic E-state index is 15.1. The van der Waals surface area contributed by atoms with E-state index in [1.807, 2.05) is 6.92 Å². The minimum Gasteiger partial charge on any atom is -0.507 e. The second kappa shape index (κ2) is 6.75. The van der Waals surface area contributed by atoms with Gasteiger partial charge in [0.1, 0.15) is 11.9 Å². The highest BCUT2D eigenvalue weighted by atomic mass is 19.1. The minimum absolute atomic E-state index is 0.0571. The number of halogens is 1. The number of piperidine rings is 1. The Balaban J connectivity index is 1.41. The number of phenols is 1. The molecule has 5 rings (SSSR count). The number of aromatic hydroxyl groups is 1. The van der Waals surface area contributed by atoms with Gasteiger partial charge in [-0.15, -0.1) is 10.2 Å². The van der Waals surface area contributed by atoms with E-state index in [1.54, 1.807) is 37.5 Å². The van der Waals surface area contributed by atoms with E-state index in [9.17, 15) is 9.90 Å². The summed E-state index contributed by atoms with van der Waals surface area (Å²) in [6, 6.07) is 8.27. The zero-order valence-corrected chi connectivity index (χ0v) is 17.7. The van der Waals surface area contributed by atoms with Gasteiger partial charge in [0, 0.05) is 36.8 Å². The van der Waals surface area contributed by atoms with Gasteiger partial charge in [-0.05, 0) is 56.3 Å². The van der Waals surface area contributed by atoms with Crippen molar-refractivity contribution in [2.24, 2.45) is 7.05 Å². The summed E-state index contributed by atoms with van der Waals surface area (Å²) in [5, 5.41) is 23.3. The van der Waals surface area contributed by atoms with Crippen LogP contribution in [0.15, 0.2) is 41.3 Å². The van der Waals surface area contributed by atoms with E-state index in [4.69, 9.17) is 4.74 Å². The molecule has 4 atom stereocenters. The Kier molecular flexibility index (Phi) is 4.34. The van der Waals surface area contributed by atoms with Crippen LogP contribution in [0.25, 0.3) is 22.0 Å². The number of ether oxygens (including phenoxy) is 1. The van der Waals surface area contributed by atoms with Gasteiger partial charge in [0.15, 0.2) is 6.17 Å². The van der Waals surface area contributed by atoms with E-state index in [0.717, 1.165) is 12.8 Å². The topological polar surface area (TPSA) is 89.3 Å². The molecule has 4 heterocycles. The van der Waals surface area contributed by atoms with Gasteiger partial charge in [-0.25, -0.2) is 4.39 Å². The molecule has 0 amide bonds. The minimum atomic E-state index is -1.14. The van der Waals surface area contributed by atoms with Gasteiger partial charge in [-0.3, -0.25) is 4.79 Å². The van der Waals surface area contributed by atoms with Gasteiger partial charge < -0.3 is 19.7 Å². The molecule has 7 nitrogen and oxygen atoms in total. The summed E-state index contributed by atoms with van der Waals surface area (Å²) in [5.74, 6) is 0.192. The van der Waals surface area contributed by atoms with Gasteiger partial charge in [0.05, 0.1) is 16.6 Å².